The lowest BCUT2D eigenvalue weighted by Crippen LogP contribution is -2.30. The van der Waals surface area contributed by atoms with Crippen molar-refractivity contribution in [3.05, 3.63) is 0 Å². The van der Waals surface area contributed by atoms with Crippen molar-refractivity contribution < 1.29 is 5.11 Å². The summed E-state index contributed by atoms with van der Waals surface area (Å²) in [5, 5.41) is 8.71. The van der Waals surface area contributed by atoms with Crippen LogP contribution < -0.4 is 5.73 Å². The summed E-state index contributed by atoms with van der Waals surface area (Å²) in [6.07, 6.45) is 7.18. The number of aliphatic hydroxyl groups excluding tert-OH is 1. The molecule has 0 aromatic carbocycles. The van der Waals surface area contributed by atoms with Gasteiger partial charge in [-0.25, -0.2) is 0 Å². The van der Waals surface area contributed by atoms with Crippen molar-refractivity contribution in [2.24, 2.45) is 5.73 Å². The third-order valence-corrected chi connectivity index (χ3v) is 3.09. The largest absolute Gasteiger partial charge is 0.396 e. The van der Waals surface area contributed by atoms with Gasteiger partial charge < -0.3 is 15.7 Å². The van der Waals surface area contributed by atoms with Crippen molar-refractivity contribution in [3.63, 3.8) is 0 Å². The molecule has 1 atom stereocenters. The van der Waals surface area contributed by atoms with E-state index in [9.17, 15) is 0 Å². The van der Waals surface area contributed by atoms with Crippen LogP contribution in [0, 0.1) is 0 Å². The molecule has 0 radical (unpaired) electrons. The summed E-state index contributed by atoms with van der Waals surface area (Å²) in [5.41, 5.74) is 5.52. The molecule has 0 saturated carbocycles. The van der Waals surface area contributed by atoms with Crippen LogP contribution in [-0.4, -0.2) is 42.3 Å². The summed E-state index contributed by atoms with van der Waals surface area (Å²) in [7, 11) is 0. The Morgan fingerprint density at radius 1 is 1.29 bits per heavy atom. The molecule has 1 heterocycles. The minimum atomic E-state index is 0.335. The zero-order chi connectivity index (χ0) is 10.2. The molecule has 3 N–H and O–H groups in total. The standard InChI is InChI=1S/C11H24N2O/c12-7-3-5-11-6-4-9-13(11)8-1-2-10-14/h11,14H,1-10,12H2. The molecular weight excluding hydrogens is 176 g/mol. The summed E-state index contributed by atoms with van der Waals surface area (Å²) in [6.45, 7) is 3.57. The predicted octanol–water partition coefficient (Wildman–Crippen LogP) is 0.962. The maximum absolute atomic E-state index is 8.71. The van der Waals surface area contributed by atoms with Crippen LogP contribution >= 0.6 is 0 Å². The van der Waals surface area contributed by atoms with Crippen LogP contribution in [0.5, 0.6) is 0 Å². The van der Waals surface area contributed by atoms with Gasteiger partial charge in [-0.05, 0) is 58.2 Å². The topological polar surface area (TPSA) is 49.5 Å². The summed E-state index contributed by atoms with van der Waals surface area (Å²) in [6, 6.07) is 0.775. The van der Waals surface area contributed by atoms with Gasteiger partial charge in [-0.2, -0.15) is 0 Å². The Morgan fingerprint density at radius 3 is 2.86 bits per heavy atom. The highest BCUT2D eigenvalue weighted by molar-refractivity contribution is 4.78. The van der Waals surface area contributed by atoms with Gasteiger partial charge in [0.25, 0.3) is 0 Å². The Balaban J connectivity index is 2.14. The smallest absolute Gasteiger partial charge is 0.0431 e. The monoisotopic (exact) mass is 200 g/mol. The molecule has 0 spiro atoms. The maximum Gasteiger partial charge on any atom is 0.0431 e. The predicted molar refractivity (Wildman–Crippen MR) is 59.2 cm³/mol. The minimum absolute atomic E-state index is 0.335. The molecule has 3 heteroatoms. The lowest BCUT2D eigenvalue weighted by atomic mass is 10.1. The SMILES string of the molecule is NCCCC1CCCN1CCCCO. The lowest BCUT2D eigenvalue weighted by Gasteiger charge is -2.24. The lowest BCUT2D eigenvalue weighted by molar-refractivity contribution is 0.220. The van der Waals surface area contributed by atoms with Gasteiger partial charge in [-0.3, -0.25) is 0 Å². The minimum Gasteiger partial charge on any atom is -0.396 e. The molecule has 0 bridgehead atoms. The normalized spacial score (nSPS) is 23.1. The summed E-state index contributed by atoms with van der Waals surface area (Å²) >= 11 is 0. The first-order chi connectivity index (χ1) is 6.88. The third-order valence-electron chi connectivity index (χ3n) is 3.09. The molecule has 0 aromatic heterocycles. The molecule has 1 aliphatic heterocycles. The van der Waals surface area contributed by atoms with Gasteiger partial charge in [-0.15, -0.1) is 0 Å². The van der Waals surface area contributed by atoms with Gasteiger partial charge in [0.15, 0.2) is 0 Å². The number of nitrogens with two attached hydrogens (primary N) is 1. The third kappa shape index (κ3) is 3.95. The van der Waals surface area contributed by atoms with Crippen LogP contribution in [0.4, 0.5) is 0 Å². The summed E-state index contributed by atoms with van der Waals surface area (Å²) < 4.78 is 0. The highest BCUT2D eigenvalue weighted by atomic mass is 16.2. The number of hydrogen-bond donors (Lipinski definition) is 2. The molecule has 1 rings (SSSR count). The Bertz CT molecular complexity index is 141. The molecule has 1 saturated heterocycles. The van der Waals surface area contributed by atoms with E-state index in [1.54, 1.807) is 0 Å². The zero-order valence-electron chi connectivity index (χ0n) is 9.12. The van der Waals surface area contributed by atoms with Crippen molar-refractivity contribution in [2.75, 3.05) is 26.2 Å². The Morgan fingerprint density at radius 2 is 2.14 bits per heavy atom. The van der Waals surface area contributed by atoms with Gasteiger partial charge >= 0.3 is 0 Å². The van der Waals surface area contributed by atoms with E-state index in [1.165, 1.54) is 25.8 Å². The highest BCUT2D eigenvalue weighted by Gasteiger charge is 2.22. The molecule has 1 unspecified atom stereocenters. The fourth-order valence-corrected chi connectivity index (χ4v) is 2.30. The van der Waals surface area contributed by atoms with Gasteiger partial charge in [-0.1, -0.05) is 0 Å². The van der Waals surface area contributed by atoms with Gasteiger partial charge in [0, 0.05) is 12.6 Å². The average Bonchev–Trinajstić information content (AvgIpc) is 2.63. The van der Waals surface area contributed by atoms with Gasteiger partial charge in [0.1, 0.15) is 0 Å². The van der Waals surface area contributed by atoms with Crippen molar-refractivity contribution in [3.8, 4) is 0 Å². The van der Waals surface area contributed by atoms with Crippen molar-refractivity contribution in [1.29, 1.82) is 0 Å². The molecule has 1 fully saturated rings. The first kappa shape index (κ1) is 12.0. The van der Waals surface area contributed by atoms with E-state index in [1.807, 2.05) is 0 Å². The van der Waals surface area contributed by atoms with Crippen LogP contribution in [0.2, 0.25) is 0 Å². The highest BCUT2D eigenvalue weighted by Crippen LogP contribution is 2.21. The number of likely N-dealkylation sites (tertiary alicyclic amines) is 1. The van der Waals surface area contributed by atoms with Gasteiger partial charge in [0.05, 0.1) is 0 Å². The van der Waals surface area contributed by atoms with E-state index in [4.69, 9.17) is 10.8 Å². The number of nitrogens with zero attached hydrogens (tertiary/aromatic N) is 1. The van der Waals surface area contributed by atoms with Crippen molar-refractivity contribution >= 4 is 0 Å². The van der Waals surface area contributed by atoms with Crippen LogP contribution in [-0.2, 0) is 0 Å². The molecule has 3 nitrogen and oxygen atoms in total. The molecule has 14 heavy (non-hydrogen) atoms. The number of rotatable bonds is 7. The molecule has 0 amide bonds. The first-order valence-corrected chi connectivity index (χ1v) is 5.93. The van der Waals surface area contributed by atoms with Crippen LogP contribution in [0.15, 0.2) is 0 Å². The second kappa shape index (κ2) is 7.21. The van der Waals surface area contributed by atoms with E-state index in [-0.39, 0.29) is 0 Å². The van der Waals surface area contributed by atoms with Crippen molar-refractivity contribution in [1.82, 2.24) is 4.90 Å². The average molecular weight is 200 g/mol. The van der Waals surface area contributed by atoms with E-state index in [0.29, 0.717) is 6.61 Å². The fraction of sp³-hybridized carbons (Fsp3) is 1.00. The fourth-order valence-electron chi connectivity index (χ4n) is 2.30. The zero-order valence-corrected chi connectivity index (χ0v) is 9.12. The Hall–Kier alpha value is -0.120. The maximum atomic E-state index is 8.71. The number of aliphatic hydroxyl groups is 1. The molecule has 0 aromatic rings. The second-order valence-electron chi connectivity index (χ2n) is 4.19. The van der Waals surface area contributed by atoms with Crippen LogP contribution in [0.1, 0.15) is 38.5 Å². The van der Waals surface area contributed by atoms with E-state index in [0.717, 1.165) is 38.4 Å². The Labute approximate surface area is 87.3 Å². The van der Waals surface area contributed by atoms with E-state index in [2.05, 4.69) is 4.90 Å². The van der Waals surface area contributed by atoms with E-state index >= 15 is 0 Å². The summed E-state index contributed by atoms with van der Waals surface area (Å²) in [5.74, 6) is 0. The number of hydrogen-bond acceptors (Lipinski definition) is 3. The van der Waals surface area contributed by atoms with Gasteiger partial charge in [0.2, 0.25) is 0 Å². The van der Waals surface area contributed by atoms with Crippen LogP contribution in [0.3, 0.4) is 0 Å². The van der Waals surface area contributed by atoms with Crippen molar-refractivity contribution in [2.45, 2.75) is 44.6 Å². The molecular formula is C11H24N2O. The molecule has 0 aliphatic carbocycles. The second-order valence-corrected chi connectivity index (χ2v) is 4.19. The molecule has 1 aliphatic rings. The Kier molecular flexibility index (Phi) is 6.15. The quantitative estimate of drug-likeness (QED) is 0.602. The first-order valence-electron chi connectivity index (χ1n) is 5.93. The number of unbranched alkanes of at least 4 members (excludes halogenated alkanes) is 1. The summed E-state index contributed by atoms with van der Waals surface area (Å²) in [4.78, 5) is 2.57. The van der Waals surface area contributed by atoms with E-state index < -0.39 is 0 Å². The molecule has 84 valence electrons. The van der Waals surface area contributed by atoms with Crippen LogP contribution in [0.25, 0.3) is 0 Å².